The fraction of sp³-hybridized carbons (Fsp3) is 0.143. The van der Waals surface area contributed by atoms with E-state index in [1.54, 1.807) is 6.92 Å². The van der Waals surface area contributed by atoms with Crippen molar-refractivity contribution in [1.82, 2.24) is 0 Å². The molecule has 3 N–H and O–H groups in total. The lowest BCUT2D eigenvalue weighted by atomic mass is 10.3. The first-order valence-corrected chi connectivity index (χ1v) is 7.35. The molecule has 2 rings (SSSR count). The maximum atomic E-state index is 8.74. The summed E-state index contributed by atoms with van der Waals surface area (Å²) in [6.07, 6.45) is 0. The predicted octanol–water partition coefficient (Wildman–Crippen LogP) is 2.82. The van der Waals surface area contributed by atoms with E-state index in [1.807, 2.05) is 60.7 Å². The third-order valence-electron chi connectivity index (χ3n) is 1.72. The monoisotopic (exact) mass is 314 g/mol. The zero-order chi connectivity index (χ0) is 16.1. The summed E-state index contributed by atoms with van der Waals surface area (Å²) in [5, 5.41) is 7.57. The van der Waals surface area contributed by atoms with E-state index >= 15 is 0 Å². The Balaban J connectivity index is 0.000000422. The second-order valence-corrected chi connectivity index (χ2v) is 4.39. The van der Waals surface area contributed by atoms with Gasteiger partial charge >= 0.3 is 10.4 Å². The Labute approximate surface area is 124 Å². The fourth-order valence-electron chi connectivity index (χ4n) is 1.11. The molecule has 0 saturated heterocycles. The Morgan fingerprint density at radius 2 is 1.10 bits per heavy atom. The molecule has 6 nitrogen and oxygen atoms in total. The van der Waals surface area contributed by atoms with Gasteiger partial charge in [0, 0.05) is 6.61 Å². The van der Waals surface area contributed by atoms with Gasteiger partial charge in [0.25, 0.3) is 0 Å². The summed E-state index contributed by atoms with van der Waals surface area (Å²) in [4.78, 5) is 0. The lowest BCUT2D eigenvalue weighted by Crippen LogP contribution is -1.89. The quantitative estimate of drug-likeness (QED) is 0.736. The average Bonchev–Trinajstić information content (AvgIpc) is 2.40. The summed E-state index contributed by atoms with van der Waals surface area (Å²) in [6, 6.07) is 19.5. The molecule has 0 aliphatic heterocycles. The molecule has 116 valence electrons. The molecule has 21 heavy (non-hydrogen) atoms. The van der Waals surface area contributed by atoms with Gasteiger partial charge in [-0.05, 0) is 31.2 Å². The summed E-state index contributed by atoms with van der Waals surface area (Å²) < 4.78 is 37.2. The van der Waals surface area contributed by atoms with Crippen molar-refractivity contribution in [2.24, 2.45) is 0 Å². The van der Waals surface area contributed by atoms with Gasteiger partial charge in [-0.15, -0.1) is 0 Å². The molecular formula is C14H18O6S. The zero-order valence-electron chi connectivity index (χ0n) is 11.5. The first-order chi connectivity index (χ1) is 9.86. The highest BCUT2D eigenvalue weighted by Crippen LogP contribution is 2.19. The van der Waals surface area contributed by atoms with Gasteiger partial charge in [0.2, 0.25) is 0 Å². The number of aliphatic hydroxyl groups is 1. The molecule has 0 bridgehead atoms. The standard InChI is InChI=1S/C12H10O.C2H6O.H2O4S/c1-3-7-11(8-4-1)13-12-9-5-2-6-10-12;1-2-3;1-5(2,3)4/h1-10H;3H,2H2,1H3;(H2,1,2,3,4). The number of hydrogen-bond acceptors (Lipinski definition) is 4. The lowest BCUT2D eigenvalue weighted by Gasteiger charge is -2.03. The summed E-state index contributed by atoms with van der Waals surface area (Å²) in [7, 11) is -4.67. The summed E-state index contributed by atoms with van der Waals surface area (Å²) >= 11 is 0. The molecule has 0 aromatic heterocycles. The number of hydrogen-bond donors (Lipinski definition) is 3. The van der Waals surface area contributed by atoms with E-state index in [2.05, 4.69) is 0 Å². The number of rotatable bonds is 2. The van der Waals surface area contributed by atoms with Crippen LogP contribution in [0.1, 0.15) is 6.92 Å². The molecule has 0 fully saturated rings. The van der Waals surface area contributed by atoms with Crippen molar-refractivity contribution in [3.63, 3.8) is 0 Å². The summed E-state index contributed by atoms with van der Waals surface area (Å²) in [5.41, 5.74) is 0. The third kappa shape index (κ3) is 14.3. The van der Waals surface area contributed by atoms with Crippen molar-refractivity contribution in [2.75, 3.05) is 6.61 Å². The second kappa shape index (κ2) is 10.8. The van der Waals surface area contributed by atoms with E-state index < -0.39 is 10.4 Å². The first-order valence-electron chi connectivity index (χ1n) is 5.95. The molecule has 2 aromatic rings. The van der Waals surface area contributed by atoms with E-state index in [0.717, 1.165) is 11.5 Å². The molecular weight excluding hydrogens is 296 g/mol. The highest BCUT2D eigenvalue weighted by atomic mass is 32.3. The van der Waals surface area contributed by atoms with Crippen molar-refractivity contribution < 1.29 is 27.4 Å². The summed E-state index contributed by atoms with van der Waals surface area (Å²) in [5.74, 6) is 1.74. The SMILES string of the molecule is CCO.O=S(=O)(O)O.c1ccc(Oc2ccccc2)cc1. The zero-order valence-corrected chi connectivity index (χ0v) is 12.3. The third-order valence-corrected chi connectivity index (χ3v) is 1.72. The van der Waals surface area contributed by atoms with E-state index in [0.29, 0.717) is 0 Å². The van der Waals surface area contributed by atoms with Crippen LogP contribution in [0.3, 0.4) is 0 Å². The summed E-state index contributed by atoms with van der Waals surface area (Å²) in [6.45, 7) is 1.93. The van der Waals surface area contributed by atoms with Crippen LogP contribution in [0.15, 0.2) is 60.7 Å². The van der Waals surface area contributed by atoms with Crippen LogP contribution in [0.5, 0.6) is 11.5 Å². The van der Waals surface area contributed by atoms with Gasteiger partial charge in [-0.1, -0.05) is 36.4 Å². The van der Waals surface area contributed by atoms with E-state index in [9.17, 15) is 0 Å². The molecule has 0 unspecified atom stereocenters. The Kier molecular flexibility index (Phi) is 9.82. The van der Waals surface area contributed by atoms with Crippen LogP contribution >= 0.6 is 0 Å². The van der Waals surface area contributed by atoms with Gasteiger partial charge in [0.05, 0.1) is 0 Å². The topological polar surface area (TPSA) is 104 Å². The van der Waals surface area contributed by atoms with Crippen LogP contribution in [0.2, 0.25) is 0 Å². The average molecular weight is 314 g/mol. The van der Waals surface area contributed by atoms with Gasteiger partial charge < -0.3 is 9.84 Å². The van der Waals surface area contributed by atoms with Gasteiger partial charge in [-0.2, -0.15) is 8.42 Å². The maximum absolute atomic E-state index is 8.74. The van der Waals surface area contributed by atoms with E-state index in [-0.39, 0.29) is 6.61 Å². The molecule has 0 amide bonds. The first kappa shape index (κ1) is 19.1. The van der Waals surface area contributed by atoms with E-state index in [4.69, 9.17) is 27.4 Å². The molecule has 0 saturated carbocycles. The minimum Gasteiger partial charge on any atom is -0.457 e. The molecule has 0 aliphatic carbocycles. The van der Waals surface area contributed by atoms with Crippen molar-refractivity contribution >= 4 is 10.4 Å². The minimum atomic E-state index is -4.67. The van der Waals surface area contributed by atoms with Crippen molar-refractivity contribution in [2.45, 2.75) is 6.92 Å². The molecule has 0 aliphatic rings. The highest BCUT2D eigenvalue weighted by molar-refractivity contribution is 7.79. The predicted molar refractivity (Wildman–Crippen MR) is 79.9 cm³/mol. The Hall–Kier alpha value is -1.93. The van der Waals surface area contributed by atoms with Crippen LogP contribution in [-0.2, 0) is 10.4 Å². The molecule has 0 heterocycles. The Morgan fingerprint density at radius 3 is 1.33 bits per heavy atom. The van der Waals surface area contributed by atoms with Crippen molar-refractivity contribution in [3.05, 3.63) is 60.7 Å². The highest BCUT2D eigenvalue weighted by Gasteiger charge is 1.92. The van der Waals surface area contributed by atoms with Crippen LogP contribution in [0.25, 0.3) is 0 Å². The molecule has 0 spiro atoms. The largest absolute Gasteiger partial charge is 0.457 e. The molecule has 2 aromatic carbocycles. The van der Waals surface area contributed by atoms with E-state index in [1.165, 1.54) is 0 Å². The number of aliphatic hydroxyl groups excluding tert-OH is 1. The maximum Gasteiger partial charge on any atom is 0.394 e. The number of para-hydroxylation sites is 2. The number of benzene rings is 2. The molecule has 7 heteroatoms. The Morgan fingerprint density at radius 1 is 0.857 bits per heavy atom. The molecule has 0 atom stereocenters. The van der Waals surface area contributed by atoms with Gasteiger partial charge in [-0.25, -0.2) is 0 Å². The van der Waals surface area contributed by atoms with Gasteiger partial charge in [0.15, 0.2) is 0 Å². The Bertz CT molecular complexity index is 523. The fourth-order valence-corrected chi connectivity index (χ4v) is 1.11. The van der Waals surface area contributed by atoms with Crippen LogP contribution in [-0.4, -0.2) is 29.2 Å². The van der Waals surface area contributed by atoms with Crippen molar-refractivity contribution in [3.8, 4) is 11.5 Å². The minimum absolute atomic E-state index is 0.250. The lowest BCUT2D eigenvalue weighted by molar-refractivity contribution is 0.318. The van der Waals surface area contributed by atoms with Gasteiger partial charge in [-0.3, -0.25) is 9.11 Å². The van der Waals surface area contributed by atoms with Crippen molar-refractivity contribution in [1.29, 1.82) is 0 Å². The van der Waals surface area contributed by atoms with Crippen LogP contribution < -0.4 is 4.74 Å². The number of ether oxygens (including phenoxy) is 1. The normalized spacial score (nSPS) is 9.52. The second-order valence-electron chi connectivity index (χ2n) is 3.49. The molecule has 0 radical (unpaired) electrons. The van der Waals surface area contributed by atoms with Crippen LogP contribution in [0.4, 0.5) is 0 Å². The van der Waals surface area contributed by atoms with Gasteiger partial charge in [0.1, 0.15) is 11.5 Å². The smallest absolute Gasteiger partial charge is 0.394 e. The van der Waals surface area contributed by atoms with Crippen LogP contribution in [0, 0.1) is 0 Å².